The number of nitrogens with zero attached hydrogens (tertiary/aromatic N) is 4. The van der Waals surface area contributed by atoms with Gasteiger partial charge in [0.05, 0.1) is 43.6 Å². The molecule has 0 radical (unpaired) electrons. The van der Waals surface area contributed by atoms with Gasteiger partial charge in [-0.3, -0.25) is 14.3 Å². The lowest BCUT2D eigenvalue weighted by Crippen LogP contribution is -2.51. The van der Waals surface area contributed by atoms with Crippen LogP contribution in [-0.2, 0) is 11.3 Å². The third kappa shape index (κ3) is 3.10. The summed E-state index contributed by atoms with van der Waals surface area (Å²) in [4.78, 5) is 27.5. The highest BCUT2D eigenvalue weighted by atomic mass is 19.1. The molecule has 0 unspecified atom stereocenters. The van der Waals surface area contributed by atoms with E-state index < -0.39 is 28.7 Å². The molecule has 32 heavy (non-hydrogen) atoms. The van der Waals surface area contributed by atoms with Crippen LogP contribution in [-0.4, -0.2) is 56.1 Å². The average molecular weight is 442 g/mol. The zero-order valence-corrected chi connectivity index (χ0v) is 17.2. The fraction of sp³-hybridized carbons (Fsp3) is 0.318. The molecule has 1 saturated heterocycles. The lowest BCUT2D eigenvalue weighted by molar-refractivity contribution is 0.0571. The number of rotatable bonds is 4. The molecule has 166 valence electrons. The summed E-state index contributed by atoms with van der Waals surface area (Å²) >= 11 is 0. The standard InChI is InChI=1S/C22H20F2N4O4/c1-2-27-17-10-32-11-18(17)28-9-15(20(29)21(30)19(28)22(27)31)13-6-25-26(8-13)7-12-3-4-14(23)5-16(12)24/h3-6,8-9,17-18,30H,2,7,10-11H2,1H3/t17-,18+/m1/s1. The van der Waals surface area contributed by atoms with Crippen LogP contribution >= 0.6 is 0 Å². The summed E-state index contributed by atoms with van der Waals surface area (Å²) in [5.74, 6) is -2.40. The number of likely N-dealkylation sites (N-methyl/N-ethyl adjacent to an activating group) is 1. The van der Waals surface area contributed by atoms with Crippen molar-refractivity contribution >= 4 is 5.91 Å². The fourth-order valence-corrected chi connectivity index (χ4v) is 4.47. The van der Waals surface area contributed by atoms with Crippen molar-refractivity contribution in [3.05, 3.63) is 69.9 Å². The Labute approximate surface area is 181 Å². The van der Waals surface area contributed by atoms with E-state index in [0.29, 0.717) is 25.3 Å². The van der Waals surface area contributed by atoms with Crippen LogP contribution in [0.15, 0.2) is 41.6 Å². The van der Waals surface area contributed by atoms with Gasteiger partial charge in [0.25, 0.3) is 5.91 Å². The van der Waals surface area contributed by atoms with Crippen LogP contribution < -0.4 is 5.43 Å². The summed E-state index contributed by atoms with van der Waals surface area (Å²) in [5, 5.41) is 14.8. The van der Waals surface area contributed by atoms with Crippen LogP contribution in [0.1, 0.15) is 29.0 Å². The van der Waals surface area contributed by atoms with Gasteiger partial charge < -0.3 is 19.3 Å². The van der Waals surface area contributed by atoms with Crippen molar-refractivity contribution in [2.45, 2.75) is 25.6 Å². The molecule has 1 amide bonds. The maximum absolute atomic E-state index is 14.0. The third-order valence-electron chi connectivity index (χ3n) is 6.09. The molecular formula is C22H20F2N4O4. The van der Waals surface area contributed by atoms with E-state index in [0.717, 1.165) is 12.1 Å². The minimum absolute atomic E-state index is 0.0346. The minimum atomic E-state index is -0.695. The van der Waals surface area contributed by atoms with Crippen LogP contribution in [0.3, 0.4) is 0 Å². The first kappa shape index (κ1) is 20.4. The molecule has 4 heterocycles. The third-order valence-corrected chi connectivity index (χ3v) is 6.09. The molecule has 0 spiro atoms. The monoisotopic (exact) mass is 442 g/mol. The molecule has 3 aromatic rings. The van der Waals surface area contributed by atoms with Crippen LogP contribution in [0.2, 0.25) is 0 Å². The summed E-state index contributed by atoms with van der Waals surface area (Å²) in [6, 6.07) is 2.88. The van der Waals surface area contributed by atoms with Gasteiger partial charge in [-0.05, 0) is 13.0 Å². The Morgan fingerprint density at radius 3 is 2.72 bits per heavy atom. The van der Waals surface area contributed by atoms with Gasteiger partial charge in [-0.2, -0.15) is 5.10 Å². The summed E-state index contributed by atoms with van der Waals surface area (Å²) in [5.41, 5.74) is 0.0744. The number of carbonyl (C=O) groups is 1. The molecule has 8 nitrogen and oxygen atoms in total. The van der Waals surface area contributed by atoms with Gasteiger partial charge >= 0.3 is 0 Å². The number of pyridine rings is 1. The second-order valence-electron chi connectivity index (χ2n) is 7.90. The van der Waals surface area contributed by atoms with Crippen LogP contribution in [0.4, 0.5) is 8.78 Å². The highest BCUT2D eigenvalue weighted by molar-refractivity contribution is 5.97. The molecule has 10 heteroatoms. The Morgan fingerprint density at radius 1 is 1.19 bits per heavy atom. The molecule has 1 aromatic carbocycles. The predicted octanol–water partition coefficient (Wildman–Crippen LogP) is 2.16. The zero-order valence-electron chi connectivity index (χ0n) is 17.2. The van der Waals surface area contributed by atoms with Gasteiger partial charge in [0.1, 0.15) is 11.6 Å². The number of hydrogen-bond acceptors (Lipinski definition) is 5. The van der Waals surface area contributed by atoms with Gasteiger partial charge in [0.15, 0.2) is 11.4 Å². The minimum Gasteiger partial charge on any atom is -0.503 e. The van der Waals surface area contributed by atoms with Crippen molar-refractivity contribution in [2.75, 3.05) is 19.8 Å². The second kappa shape index (κ2) is 7.56. The molecule has 0 saturated carbocycles. The molecule has 2 aromatic heterocycles. The number of benzene rings is 1. The molecule has 0 bridgehead atoms. The first-order chi connectivity index (χ1) is 15.4. The highest BCUT2D eigenvalue weighted by Gasteiger charge is 2.44. The van der Waals surface area contributed by atoms with Crippen LogP contribution in [0, 0.1) is 11.6 Å². The largest absolute Gasteiger partial charge is 0.503 e. The maximum Gasteiger partial charge on any atom is 0.274 e. The molecular weight excluding hydrogens is 422 g/mol. The van der Waals surface area contributed by atoms with Gasteiger partial charge in [-0.25, -0.2) is 8.78 Å². The summed E-state index contributed by atoms with van der Waals surface area (Å²) in [6.45, 7) is 3.04. The lowest BCUT2D eigenvalue weighted by Gasteiger charge is -2.38. The zero-order chi connectivity index (χ0) is 22.6. The van der Waals surface area contributed by atoms with Crippen LogP contribution in [0.5, 0.6) is 5.75 Å². The molecule has 0 aliphatic carbocycles. The summed E-state index contributed by atoms with van der Waals surface area (Å²) in [7, 11) is 0. The van der Waals surface area contributed by atoms with E-state index in [1.807, 2.05) is 6.92 Å². The number of halogens is 2. The number of fused-ring (bicyclic) bond motifs is 3. The van der Waals surface area contributed by atoms with Crippen molar-refractivity contribution < 1.29 is 23.4 Å². The molecule has 1 N–H and O–H groups in total. The van der Waals surface area contributed by atoms with Gasteiger partial charge in [-0.1, -0.05) is 6.07 Å². The number of aromatic nitrogens is 3. The normalized spacial score (nSPS) is 19.8. The van der Waals surface area contributed by atoms with Crippen molar-refractivity contribution in [3.8, 4) is 16.9 Å². The Balaban J connectivity index is 1.55. The van der Waals surface area contributed by atoms with Gasteiger partial charge in [-0.15, -0.1) is 0 Å². The van der Waals surface area contributed by atoms with E-state index in [9.17, 15) is 23.5 Å². The van der Waals surface area contributed by atoms with Gasteiger partial charge in [0, 0.05) is 36.1 Å². The first-order valence-corrected chi connectivity index (χ1v) is 10.2. The van der Waals surface area contributed by atoms with Crippen molar-refractivity contribution in [1.82, 2.24) is 19.2 Å². The van der Waals surface area contributed by atoms with E-state index in [1.54, 1.807) is 15.7 Å². The number of amides is 1. The molecule has 5 rings (SSSR count). The maximum atomic E-state index is 14.0. The fourth-order valence-electron chi connectivity index (χ4n) is 4.47. The Bertz CT molecular complexity index is 1290. The smallest absolute Gasteiger partial charge is 0.274 e. The van der Waals surface area contributed by atoms with Crippen molar-refractivity contribution in [1.29, 1.82) is 0 Å². The number of ether oxygens (including phenoxy) is 1. The van der Waals surface area contributed by atoms with E-state index in [4.69, 9.17) is 4.74 Å². The quantitative estimate of drug-likeness (QED) is 0.669. The first-order valence-electron chi connectivity index (χ1n) is 10.2. The second-order valence-corrected chi connectivity index (χ2v) is 7.90. The van der Waals surface area contributed by atoms with Crippen molar-refractivity contribution in [3.63, 3.8) is 0 Å². The summed E-state index contributed by atoms with van der Waals surface area (Å²) < 4.78 is 35.7. The van der Waals surface area contributed by atoms with Gasteiger partial charge in [0.2, 0.25) is 5.43 Å². The topological polar surface area (TPSA) is 89.6 Å². The Hall–Kier alpha value is -3.53. The lowest BCUT2D eigenvalue weighted by atomic mass is 10.0. The molecule has 2 aliphatic rings. The summed E-state index contributed by atoms with van der Waals surface area (Å²) in [6.07, 6.45) is 4.52. The SMILES string of the molecule is CCN1C(=O)c2c(O)c(=O)c(-c3cnn(Cc4ccc(F)cc4F)c3)cn2[C@H]2COC[C@H]21. The predicted molar refractivity (Wildman–Crippen MR) is 109 cm³/mol. The average Bonchev–Trinajstić information content (AvgIpc) is 3.42. The van der Waals surface area contributed by atoms with E-state index in [2.05, 4.69) is 5.10 Å². The van der Waals surface area contributed by atoms with E-state index >= 15 is 0 Å². The molecule has 2 aliphatic heterocycles. The molecule has 2 atom stereocenters. The van der Waals surface area contributed by atoms with Crippen LogP contribution in [0.25, 0.3) is 11.1 Å². The Morgan fingerprint density at radius 2 is 1.97 bits per heavy atom. The highest BCUT2D eigenvalue weighted by Crippen LogP contribution is 2.35. The molecule has 1 fully saturated rings. The van der Waals surface area contributed by atoms with E-state index in [1.165, 1.54) is 23.1 Å². The van der Waals surface area contributed by atoms with E-state index in [-0.39, 0.29) is 35.4 Å². The number of aromatic hydroxyl groups is 1. The number of carbonyl (C=O) groups excluding carboxylic acids is 1. The number of hydrogen-bond donors (Lipinski definition) is 1. The Kier molecular flexibility index (Phi) is 4.81. The van der Waals surface area contributed by atoms with Crippen molar-refractivity contribution in [2.24, 2.45) is 0 Å².